The standard InChI is InChI=1S/C10H11ClFNO/c11-8-2-1-7(5-9(8)12)10-6-14-4-3-13-10/h1-2,5,10,13H,3-4,6H2/t10-/m1/s1. The Kier molecular flexibility index (Phi) is 3.01. The Balaban J connectivity index is 2.18. The first kappa shape index (κ1) is 9.90. The monoisotopic (exact) mass is 215 g/mol. The summed E-state index contributed by atoms with van der Waals surface area (Å²) in [6.45, 7) is 2.10. The average Bonchev–Trinajstić information content (AvgIpc) is 2.23. The molecular weight excluding hydrogens is 205 g/mol. The van der Waals surface area contributed by atoms with Crippen molar-refractivity contribution in [2.75, 3.05) is 19.8 Å². The molecule has 0 aliphatic carbocycles. The molecule has 1 heterocycles. The Hall–Kier alpha value is -0.640. The van der Waals surface area contributed by atoms with Crippen LogP contribution in [0.25, 0.3) is 0 Å². The molecule has 1 aromatic carbocycles. The first-order valence-corrected chi connectivity index (χ1v) is 4.91. The zero-order valence-electron chi connectivity index (χ0n) is 7.59. The molecule has 0 spiro atoms. The number of morpholine rings is 1. The molecule has 1 aliphatic rings. The van der Waals surface area contributed by atoms with Crippen LogP contribution in [0.2, 0.25) is 5.02 Å². The van der Waals surface area contributed by atoms with Gasteiger partial charge >= 0.3 is 0 Å². The molecule has 14 heavy (non-hydrogen) atoms. The number of hydrogen-bond donors (Lipinski definition) is 1. The van der Waals surface area contributed by atoms with Gasteiger partial charge in [0.1, 0.15) is 5.82 Å². The highest BCUT2D eigenvalue weighted by atomic mass is 35.5. The predicted molar refractivity (Wildman–Crippen MR) is 53.0 cm³/mol. The number of benzene rings is 1. The van der Waals surface area contributed by atoms with Gasteiger partial charge in [0.25, 0.3) is 0 Å². The van der Waals surface area contributed by atoms with Crippen molar-refractivity contribution >= 4 is 11.6 Å². The second-order valence-corrected chi connectivity index (χ2v) is 3.66. The number of nitrogens with one attached hydrogen (secondary N) is 1. The summed E-state index contributed by atoms with van der Waals surface area (Å²) in [7, 11) is 0. The van der Waals surface area contributed by atoms with Gasteiger partial charge in [0.2, 0.25) is 0 Å². The zero-order chi connectivity index (χ0) is 9.97. The highest BCUT2D eigenvalue weighted by Crippen LogP contribution is 2.21. The first-order chi connectivity index (χ1) is 6.77. The largest absolute Gasteiger partial charge is 0.378 e. The van der Waals surface area contributed by atoms with Crippen molar-refractivity contribution in [1.29, 1.82) is 0 Å². The molecule has 1 saturated heterocycles. The average molecular weight is 216 g/mol. The molecule has 76 valence electrons. The van der Waals surface area contributed by atoms with Gasteiger partial charge in [-0.3, -0.25) is 0 Å². The van der Waals surface area contributed by atoms with Gasteiger partial charge < -0.3 is 10.1 Å². The number of rotatable bonds is 1. The van der Waals surface area contributed by atoms with Gasteiger partial charge in [-0.2, -0.15) is 0 Å². The predicted octanol–water partition coefficient (Wildman–Crippen LogP) is 2.14. The minimum atomic E-state index is -0.378. The lowest BCUT2D eigenvalue weighted by Gasteiger charge is -2.24. The van der Waals surface area contributed by atoms with Crippen molar-refractivity contribution in [3.8, 4) is 0 Å². The first-order valence-electron chi connectivity index (χ1n) is 4.53. The summed E-state index contributed by atoms with van der Waals surface area (Å²) in [5, 5.41) is 3.41. The van der Waals surface area contributed by atoms with Gasteiger partial charge in [0.15, 0.2) is 0 Å². The lowest BCUT2D eigenvalue weighted by molar-refractivity contribution is 0.0768. The Morgan fingerprint density at radius 3 is 3.00 bits per heavy atom. The Labute approximate surface area is 87.0 Å². The van der Waals surface area contributed by atoms with Crippen molar-refractivity contribution in [3.63, 3.8) is 0 Å². The van der Waals surface area contributed by atoms with Crippen LogP contribution in [0.5, 0.6) is 0 Å². The number of ether oxygens (including phenoxy) is 1. The van der Waals surface area contributed by atoms with Crippen LogP contribution >= 0.6 is 11.6 Å². The number of halogens is 2. The molecule has 0 radical (unpaired) electrons. The summed E-state index contributed by atoms with van der Waals surface area (Å²) in [5.41, 5.74) is 0.881. The van der Waals surface area contributed by atoms with E-state index in [0.717, 1.165) is 12.1 Å². The van der Waals surface area contributed by atoms with E-state index in [0.29, 0.717) is 13.2 Å². The van der Waals surface area contributed by atoms with Crippen LogP contribution in [0, 0.1) is 5.82 Å². The third kappa shape index (κ3) is 2.05. The molecule has 1 aliphatic heterocycles. The van der Waals surface area contributed by atoms with E-state index in [4.69, 9.17) is 16.3 Å². The normalized spacial score (nSPS) is 22.3. The van der Waals surface area contributed by atoms with E-state index in [9.17, 15) is 4.39 Å². The summed E-state index contributed by atoms with van der Waals surface area (Å²) >= 11 is 5.59. The van der Waals surface area contributed by atoms with E-state index in [1.54, 1.807) is 6.07 Å². The van der Waals surface area contributed by atoms with Crippen molar-refractivity contribution < 1.29 is 9.13 Å². The second-order valence-electron chi connectivity index (χ2n) is 3.26. The topological polar surface area (TPSA) is 21.3 Å². The van der Waals surface area contributed by atoms with Crippen LogP contribution in [-0.4, -0.2) is 19.8 Å². The summed E-state index contributed by atoms with van der Waals surface area (Å²) in [6.07, 6.45) is 0. The van der Waals surface area contributed by atoms with E-state index in [1.807, 2.05) is 6.07 Å². The summed E-state index contributed by atoms with van der Waals surface area (Å²) in [4.78, 5) is 0. The molecule has 2 rings (SSSR count). The third-order valence-electron chi connectivity index (χ3n) is 2.27. The van der Waals surface area contributed by atoms with E-state index < -0.39 is 0 Å². The highest BCUT2D eigenvalue weighted by molar-refractivity contribution is 6.30. The molecule has 1 atom stereocenters. The van der Waals surface area contributed by atoms with Gasteiger partial charge in [-0.1, -0.05) is 17.7 Å². The van der Waals surface area contributed by atoms with Gasteiger partial charge in [0, 0.05) is 6.54 Å². The molecule has 0 bridgehead atoms. The lowest BCUT2D eigenvalue weighted by Crippen LogP contribution is -2.34. The zero-order valence-corrected chi connectivity index (χ0v) is 8.35. The molecule has 0 saturated carbocycles. The van der Waals surface area contributed by atoms with Crippen molar-refractivity contribution in [3.05, 3.63) is 34.6 Å². The van der Waals surface area contributed by atoms with Gasteiger partial charge in [-0.15, -0.1) is 0 Å². The fourth-order valence-electron chi connectivity index (χ4n) is 1.51. The molecule has 1 aromatic rings. The molecular formula is C10H11ClFNO. The Morgan fingerprint density at radius 2 is 2.36 bits per heavy atom. The van der Waals surface area contributed by atoms with Crippen LogP contribution in [-0.2, 0) is 4.74 Å². The molecule has 1 N–H and O–H groups in total. The van der Waals surface area contributed by atoms with Gasteiger partial charge in [-0.05, 0) is 17.7 Å². The lowest BCUT2D eigenvalue weighted by atomic mass is 10.1. The quantitative estimate of drug-likeness (QED) is 0.775. The minimum Gasteiger partial charge on any atom is -0.378 e. The smallest absolute Gasteiger partial charge is 0.142 e. The van der Waals surface area contributed by atoms with Crippen LogP contribution in [0.3, 0.4) is 0 Å². The highest BCUT2D eigenvalue weighted by Gasteiger charge is 2.15. The summed E-state index contributed by atoms with van der Waals surface area (Å²) < 4.78 is 18.4. The summed E-state index contributed by atoms with van der Waals surface area (Å²) in [6, 6.07) is 4.92. The SMILES string of the molecule is Fc1cc([C@H]2COCCN2)ccc1Cl. The molecule has 2 nitrogen and oxygen atoms in total. The molecule has 0 aromatic heterocycles. The molecule has 0 unspecified atom stereocenters. The van der Waals surface area contributed by atoms with E-state index >= 15 is 0 Å². The molecule has 0 amide bonds. The van der Waals surface area contributed by atoms with E-state index in [1.165, 1.54) is 6.07 Å². The minimum absolute atomic E-state index is 0.0792. The van der Waals surface area contributed by atoms with Crippen molar-refractivity contribution in [2.24, 2.45) is 0 Å². The fourth-order valence-corrected chi connectivity index (χ4v) is 1.63. The Morgan fingerprint density at radius 1 is 1.50 bits per heavy atom. The fraction of sp³-hybridized carbons (Fsp3) is 0.400. The van der Waals surface area contributed by atoms with Crippen LogP contribution in [0.4, 0.5) is 4.39 Å². The maximum absolute atomic E-state index is 13.1. The maximum Gasteiger partial charge on any atom is 0.142 e. The van der Waals surface area contributed by atoms with Crippen molar-refractivity contribution in [2.45, 2.75) is 6.04 Å². The molecule has 1 fully saturated rings. The van der Waals surface area contributed by atoms with Crippen LogP contribution in [0.15, 0.2) is 18.2 Å². The van der Waals surface area contributed by atoms with Gasteiger partial charge in [0.05, 0.1) is 24.3 Å². The number of hydrogen-bond acceptors (Lipinski definition) is 2. The van der Waals surface area contributed by atoms with Crippen LogP contribution < -0.4 is 5.32 Å². The summed E-state index contributed by atoms with van der Waals surface area (Å²) in [5.74, 6) is -0.378. The third-order valence-corrected chi connectivity index (χ3v) is 2.57. The van der Waals surface area contributed by atoms with Gasteiger partial charge in [-0.25, -0.2) is 4.39 Å². The Bertz CT molecular complexity index is 326. The maximum atomic E-state index is 13.1. The van der Waals surface area contributed by atoms with E-state index in [-0.39, 0.29) is 16.9 Å². The van der Waals surface area contributed by atoms with Crippen molar-refractivity contribution in [1.82, 2.24) is 5.32 Å². The second kappa shape index (κ2) is 4.26. The van der Waals surface area contributed by atoms with E-state index in [2.05, 4.69) is 5.32 Å². The molecule has 4 heteroatoms. The van der Waals surface area contributed by atoms with Crippen LogP contribution in [0.1, 0.15) is 11.6 Å².